The van der Waals surface area contributed by atoms with Crippen LogP contribution < -0.4 is 4.74 Å². The van der Waals surface area contributed by atoms with Gasteiger partial charge < -0.3 is 98.8 Å². The van der Waals surface area contributed by atoms with E-state index in [9.17, 15) is 66.2 Å². The lowest BCUT2D eigenvalue weighted by Gasteiger charge is -2.42. The molecule has 4 aliphatic rings. The summed E-state index contributed by atoms with van der Waals surface area (Å²) >= 11 is 0. The minimum Gasteiger partial charge on any atom is -0.462 e. The molecule has 2 aromatic rings. The second-order valence-electron chi connectivity index (χ2n) is 14.7. The Morgan fingerprint density at radius 1 is 0.656 bits per heavy atom. The van der Waals surface area contributed by atoms with E-state index in [1.54, 1.807) is 30.3 Å². The molecule has 11 N–H and O–H groups in total. The molecule has 0 spiro atoms. The van der Waals surface area contributed by atoms with Crippen molar-refractivity contribution in [1.29, 1.82) is 5.26 Å². The smallest absolute Gasteiger partial charge is 0.331 e. The van der Waals surface area contributed by atoms with Crippen LogP contribution in [0.3, 0.4) is 0 Å². The number of ether oxygens (including phenoxy) is 9. The van der Waals surface area contributed by atoms with Gasteiger partial charge in [-0.05, 0) is 29.3 Å². The van der Waals surface area contributed by atoms with Gasteiger partial charge in [-0.2, -0.15) is 5.26 Å². The van der Waals surface area contributed by atoms with Crippen molar-refractivity contribution in [2.24, 2.45) is 0 Å². The molecule has 2 aromatic carbocycles. The molecule has 4 saturated heterocycles. The van der Waals surface area contributed by atoms with Crippen LogP contribution in [0, 0.1) is 11.3 Å². The predicted octanol–water partition coefficient (Wildman–Crippen LogP) is -4.56. The molecule has 0 amide bonds. The number of benzene rings is 2. The Labute approximate surface area is 347 Å². The first-order chi connectivity index (χ1) is 29.2. The summed E-state index contributed by atoms with van der Waals surface area (Å²) in [5, 5.41) is 123. The average molecular weight is 868 g/mol. The average Bonchev–Trinajstić information content (AvgIpc) is 3.26. The first kappa shape index (κ1) is 46.7. The number of hydrogen-bond acceptors (Lipinski definition) is 22. The van der Waals surface area contributed by atoms with Crippen LogP contribution in [0.25, 0.3) is 6.08 Å². The van der Waals surface area contributed by atoms with Gasteiger partial charge in [-0.1, -0.05) is 42.5 Å². The molecule has 6 rings (SSSR count). The second kappa shape index (κ2) is 21.1. The molecule has 0 aliphatic carbocycles. The molecule has 0 aromatic heterocycles. The van der Waals surface area contributed by atoms with E-state index in [0.717, 1.165) is 6.08 Å². The molecule has 19 atom stereocenters. The van der Waals surface area contributed by atoms with Crippen LogP contribution in [0.1, 0.15) is 17.2 Å². The zero-order valence-electron chi connectivity index (χ0n) is 32.1. The van der Waals surface area contributed by atoms with Crippen LogP contribution in [0.2, 0.25) is 0 Å². The predicted molar refractivity (Wildman–Crippen MR) is 197 cm³/mol. The summed E-state index contributed by atoms with van der Waals surface area (Å²) in [6.45, 7) is -1.75. The molecule has 22 heteroatoms. The van der Waals surface area contributed by atoms with E-state index in [4.69, 9.17) is 42.6 Å². The van der Waals surface area contributed by atoms with Gasteiger partial charge in [0.15, 0.2) is 31.1 Å². The fourth-order valence-electron chi connectivity index (χ4n) is 6.73. The summed E-state index contributed by atoms with van der Waals surface area (Å²) < 4.78 is 49.3. The van der Waals surface area contributed by atoms with Crippen LogP contribution in [-0.2, 0) is 42.7 Å². The molecule has 19 unspecified atom stereocenters. The molecule has 61 heavy (non-hydrogen) atoms. The normalized spacial score (nSPS) is 39.9. The van der Waals surface area contributed by atoms with E-state index in [2.05, 4.69) is 0 Å². The van der Waals surface area contributed by atoms with Gasteiger partial charge in [0.1, 0.15) is 85.1 Å². The number of carbonyl (C=O) groups is 1. The summed E-state index contributed by atoms with van der Waals surface area (Å²) in [5.41, 5.74) is 0.913. The standard InChI is InChI=1S/C39H49NO21/c40-12-21(18-4-2-1-3-5-18)59-39-35(52)31(48)28(45)24(61-39)16-56-37-33(50)29(46)22(14-54-37)58-25(42)11-8-17-6-9-19(10-7-17)57-38-34(51)30(47)27(44)23(60-38)15-55-36-32(49)26(43)20(41)13-53-36/h1-11,20-24,26-39,41,43-52H,13-16H2. The Bertz CT molecular complexity index is 1770. The zero-order valence-corrected chi connectivity index (χ0v) is 32.1. The first-order valence-electron chi connectivity index (χ1n) is 19.2. The number of hydrogen-bond donors (Lipinski definition) is 11. The summed E-state index contributed by atoms with van der Waals surface area (Å²) in [4.78, 5) is 12.6. The van der Waals surface area contributed by atoms with Gasteiger partial charge in [0.05, 0.1) is 32.5 Å². The molecule has 22 nitrogen and oxygen atoms in total. The SMILES string of the molecule is N#CC(OC1OC(COC2OCC(OC(=O)C=Cc3ccc(OC4OC(COC5OCC(O)C(O)C5O)C(O)C(O)C4O)cc3)C(O)C2O)C(O)C(O)C1O)c1ccccc1. The first-order valence-corrected chi connectivity index (χ1v) is 19.2. The Balaban J connectivity index is 0.950. The third-order valence-electron chi connectivity index (χ3n) is 10.4. The van der Waals surface area contributed by atoms with Crippen LogP contribution in [0.15, 0.2) is 60.7 Å². The number of aliphatic hydroxyl groups is 11. The largest absolute Gasteiger partial charge is 0.462 e. The fourth-order valence-corrected chi connectivity index (χ4v) is 6.73. The minimum atomic E-state index is -1.76. The van der Waals surface area contributed by atoms with E-state index in [0.29, 0.717) is 11.1 Å². The third-order valence-corrected chi connectivity index (χ3v) is 10.4. The number of rotatable bonds is 14. The van der Waals surface area contributed by atoms with Crippen molar-refractivity contribution in [3.05, 3.63) is 71.8 Å². The topological polar surface area (TPSA) is 346 Å². The zero-order chi connectivity index (χ0) is 44.0. The highest BCUT2D eigenvalue weighted by Crippen LogP contribution is 2.30. The van der Waals surface area contributed by atoms with Crippen molar-refractivity contribution in [2.75, 3.05) is 26.4 Å². The molecule has 0 saturated carbocycles. The van der Waals surface area contributed by atoms with E-state index in [1.165, 1.54) is 30.3 Å². The van der Waals surface area contributed by atoms with Crippen molar-refractivity contribution >= 4 is 12.0 Å². The van der Waals surface area contributed by atoms with Crippen molar-refractivity contribution in [2.45, 2.75) is 117 Å². The second-order valence-corrected chi connectivity index (χ2v) is 14.7. The van der Waals surface area contributed by atoms with Gasteiger partial charge in [-0.3, -0.25) is 0 Å². The summed E-state index contributed by atoms with van der Waals surface area (Å²) in [6, 6.07) is 16.2. The van der Waals surface area contributed by atoms with Gasteiger partial charge in [0, 0.05) is 6.08 Å². The maximum atomic E-state index is 12.6. The van der Waals surface area contributed by atoms with Gasteiger partial charge in [-0.15, -0.1) is 0 Å². The van der Waals surface area contributed by atoms with Crippen LogP contribution in [0.4, 0.5) is 0 Å². The van der Waals surface area contributed by atoms with E-state index in [-0.39, 0.29) is 12.4 Å². The maximum Gasteiger partial charge on any atom is 0.331 e. The highest BCUT2D eigenvalue weighted by Gasteiger charge is 2.48. The Hall–Kier alpha value is -3.78. The van der Waals surface area contributed by atoms with Crippen molar-refractivity contribution in [1.82, 2.24) is 0 Å². The Kier molecular flexibility index (Phi) is 16.1. The van der Waals surface area contributed by atoms with Gasteiger partial charge >= 0.3 is 5.97 Å². The monoisotopic (exact) mass is 867 g/mol. The lowest BCUT2D eigenvalue weighted by Crippen LogP contribution is -2.61. The maximum absolute atomic E-state index is 12.6. The Morgan fingerprint density at radius 2 is 1.20 bits per heavy atom. The van der Waals surface area contributed by atoms with Gasteiger partial charge in [0.25, 0.3) is 0 Å². The minimum absolute atomic E-state index is 0.144. The van der Waals surface area contributed by atoms with Crippen molar-refractivity contribution in [3.8, 4) is 11.8 Å². The van der Waals surface area contributed by atoms with E-state index in [1.807, 2.05) is 6.07 Å². The quantitative estimate of drug-likeness (QED) is 0.0629. The summed E-state index contributed by atoms with van der Waals surface area (Å²) in [6.07, 6.45) is -26.9. The fraction of sp³-hybridized carbons (Fsp3) is 0.590. The van der Waals surface area contributed by atoms with Gasteiger partial charge in [0.2, 0.25) is 6.29 Å². The van der Waals surface area contributed by atoms with Crippen LogP contribution >= 0.6 is 0 Å². The molecule has 0 radical (unpaired) electrons. The number of esters is 1. The van der Waals surface area contributed by atoms with Crippen molar-refractivity contribution in [3.63, 3.8) is 0 Å². The number of nitrogens with zero attached hydrogens (tertiary/aromatic N) is 1. The molecular weight excluding hydrogens is 818 g/mol. The van der Waals surface area contributed by atoms with E-state index < -0.39 is 143 Å². The number of carbonyl (C=O) groups excluding carboxylic acids is 1. The Morgan fingerprint density at radius 3 is 1.80 bits per heavy atom. The van der Waals surface area contributed by atoms with Crippen molar-refractivity contribution < 1.29 is 104 Å². The molecule has 0 bridgehead atoms. The van der Waals surface area contributed by atoms with Crippen LogP contribution in [-0.4, -0.2) is 199 Å². The molecule has 336 valence electrons. The highest BCUT2D eigenvalue weighted by molar-refractivity contribution is 5.87. The third kappa shape index (κ3) is 11.2. The molecule has 4 heterocycles. The molecule has 4 fully saturated rings. The number of nitriles is 1. The lowest BCUT2D eigenvalue weighted by molar-refractivity contribution is -0.325. The molecular formula is C39H49NO21. The van der Waals surface area contributed by atoms with E-state index >= 15 is 0 Å². The summed E-state index contributed by atoms with van der Waals surface area (Å²) in [5.74, 6) is -0.773. The lowest BCUT2D eigenvalue weighted by atomic mass is 9.99. The highest BCUT2D eigenvalue weighted by atomic mass is 16.7. The number of aliphatic hydroxyl groups excluding tert-OH is 11. The molecule has 4 aliphatic heterocycles. The van der Waals surface area contributed by atoms with Crippen LogP contribution in [0.5, 0.6) is 5.75 Å². The van der Waals surface area contributed by atoms with Gasteiger partial charge in [-0.25, -0.2) is 4.79 Å². The summed E-state index contributed by atoms with van der Waals surface area (Å²) in [7, 11) is 0.